The number of carboxylic acids is 1. The summed E-state index contributed by atoms with van der Waals surface area (Å²) in [4.78, 5) is 27.0. The van der Waals surface area contributed by atoms with Crippen molar-refractivity contribution in [3.05, 3.63) is 15.6 Å². The highest BCUT2D eigenvalue weighted by atomic mass is 32.1. The minimum atomic E-state index is -0.972. The van der Waals surface area contributed by atoms with E-state index in [0.717, 1.165) is 24.2 Å². The van der Waals surface area contributed by atoms with Gasteiger partial charge in [0.25, 0.3) is 0 Å². The van der Waals surface area contributed by atoms with Crippen molar-refractivity contribution in [2.24, 2.45) is 0 Å². The molecule has 7 heteroatoms. The van der Waals surface area contributed by atoms with Crippen LogP contribution in [0.15, 0.2) is 0 Å². The Morgan fingerprint density at radius 1 is 1.40 bits per heavy atom. The number of hydrogen-bond acceptors (Lipinski definition) is 5. The Labute approximate surface area is 121 Å². The number of thiazole rings is 1. The van der Waals surface area contributed by atoms with Gasteiger partial charge in [-0.15, -0.1) is 11.3 Å². The first-order valence-corrected chi connectivity index (χ1v) is 7.57. The number of hydrogen-bond donors (Lipinski definition) is 3. The van der Waals surface area contributed by atoms with E-state index >= 15 is 0 Å². The summed E-state index contributed by atoms with van der Waals surface area (Å²) in [5, 5.41) is 15.5. The summed E-state index contributed by atoms with van der Waals surface area (Å²) in [5.74, 6) is -1.05. The van der Waals surface area contributed by atoms with Crippen LogP contribution in [-0.4, -0.2) is 34.6 Å². The summed E-state index contributed by atoms with van der Waals surface area (Å²) in [5.41, 5.74) is 0.496. The highest BCUT2D eigenvalue weighted by molar-refractivity contribution is 7.13. The Bertz CT molecular complexity index is 495. The molecule has 3 N–H and O–H groups in total. The van der Waals surface area contributed by atoms with Gasteiger partial charge in [0.1, 0.15) is 9.88 Å². The topological polar surface area (TPSA) is 91.3 Å². The molecule has 0 atom stereocenters. The number of aryl methyl sites for hydroxylation is 1. The Morgan fingerprint density at radius 3 is 2.70 bits per heavy atom. The number of carboxylic acid groups (broad SMARTS) is 1. The number of amides is 1. The van der Waals surface area contributed by atoms with Crippen LogP contribution in [0.4, 0.5) is 0 Å². The van der Waals surface area contributed by atoms with Crippen molar-refractivity contribution >= 4 is 23.2 Å². The first-order chi connectivity index (χ1) is 9.56. The molecule has 6 nitrogen and oxygen atoms in total. The van der Waals surface area contributed by atoms with E-state index < -0.39 is 5.97 Å². The Balaban J connectivity index is 1.75. The molecule has 1 heterocycles. The summed E-state index contributed by atoms with van der Waals surface area (Å²) in [6.07, 6.45) is 4.74. The fourth-order valence-electron chi connectivity index (χ4n) is 2.33. The van der Waals surface area contributed by atoms with Crippen LogP contribution < -0.4 is 10.6 Å². The van der Waals surface area contributed by atoms with E-state index in [2.05, 4.69) is 15.6 Å². The van der Waals surface area contributed by atoms with Crippen molar-refractivity contribution in [1.29, 1.82) is 0 Å². The van der Waals surface area contributed by atoms with E-state index in [0.29, 0.717) is 23.3 Å². The van der Waals surface area contributed by atoms with E-state index in [9.17, 15) is 9.59 Å². The van der Waals surface area contributed by atoms with Crippen molar-refractivity contribution in [2.45, 2.75) is 45.2 Å². The summed E-state index contributed by atoms with van der Waals surface area (Å²) in [6, 6.07) is 0.460. The van der Waals surface area contributed by atoms with Gasteiger partial charge in [0.15, 0.2) is 0 Å². The lowest BCUT2D eigenvalue weighted by atomic mass is 10.2. The van der Waals surface area contributed by atoms with Gasteiger partial charge in [-0.25, -0.2) is 9.78 Å². The van der Waals surface area contributed by atoms with Crippen molar-refractivity contribution in [3.63, 3.8) is 0 Å². The lowest BCUT2D eigenvalue weighted by Gasteiger charge is -2.11. The van der Waals surface area contributed by atoms with Gasteiger partial charge < -0.3 is 15.7 Å². The standard InChI is InChI=1S/C13H19N3O3S/c1-8-12(13(18)19)20-11(16-8)7-15-10(17)6-14-9-4-2-3-5-9/h9,14H,2-7H2,1H3,(H,15,17)(H,18,19). The molecule has 0 unspecified atom stereocenters. The molecule has 1 fully saturated rings. The molecule has 0 aromatic carbocycles. The number of nitrogens with one attached hydrogen (secondary N) is 2. The van der Waals surface area contributed by atoms with Gasteiger partial charge in [0.2, 0.25) is 5.91 Å². The van der Waals surface area contributed by atoms with E-state index in [1.54, 1.807) is 6.92 Å². The number of carbonyl (C=O) groups is 2. The van der Waals surface area contributed by atoms with Gasteiger partial charge in [-0.05, 0) is 19.8 Å². The van der Waals surface area contributed by atoms with Crippen LogP contribution in [0.3, 0.4) is 0 Å². The van der Waals surface area contributed by atoms with Gasteiger partial charge in [-0.3, -0.25) is 4.79 Å². The monoisotopic (exact) mass is 297 g/mol. The molecule has 110 valence electrons. The molecule has 1 amide bonds. The smallest absolute Gasteiger partial charge is 0.347 e. The van der Waals surface area contributed by atoms with E-state index in [1.165, 1.54) is 12.8 Å². The summed E-state index contributed by atoms with van der Waals surface area (Å²) in [6.45, 7) is 2.25. The third-order valence-corrected chi connectivity index (χ3v) is 4.52. The van der Waals surface area contributed by atoms with E-state index in [4.69, 9.17) is 5.11 Å². The molecular formula is C13H19N3O3S. The van der Waals surface area contributed by atoms with Gasteiger partial charge in [0.05, 0.1) is 18.8 Å². The number of rotatable bonds is 6. The molecule has 20 heavy (non-hydrogen) atoms. The predicted octanol–water partition coefficient (Wildman–Crippen LogP) is 1.30. The normalized spacial score (nSPS) is 15.4. The number of aromatic nitrogens is 1. The van der Waals surface area contributed by atoms with Crippen molar-refractivity contribution < 1.29 is 14.7 Å². The summed E-state index contributed by atoms with van der Waals surface area (Å²) in [7, 11) is 0. The van der Waals surface area contributed by atoms with E-state index in [1.807, 2.05) is 0 Å². The maximum absolute atomic E-state index is 11.7. The van der Waals surface area contributed by atoms with Crippen LogP contribution in [0.5, 0.6) is 0 Å². The lowest BCUT2D eigenvalue weighted by Crippen LogP contribution is -2.37. The molecule has 1 saturated carbocycles. The van der Waals surface area contributed by atoms with E-state index in [-0.39, 0.29) is 17.3 Å². The summed E-state index contributed by atoms with van der Waals surface area (Å²) >= 11 is 1.11. The van der Waals surface area contributed by atoms with Gasteiger partial charge >= 0.3 is 5.97 Å². The molecule has 0 aliphatic heterocycles. The predicted molar refractivity (Wildman–Crippen MR) is 75.9 cm³/mol. The molecule has 2 rings (SSSR count). The molecular weight excluding hydrogens is 278 g/mol. The molecule has 0 saturated heterocycles. The second kappa shape index (κ2) is 6.81. The highest BCUT2D eigenvalue weighted by Crippen LogP contribution is 2.18. The zero-order chi connectivity index (χ0) is 14.5. The maximum atomic E-state index is 11.7. The second-order valence-corrected chi connectivity index (χ2v) is 6.05. The Kier molecular flexibility index (Phi) is 5.08. The maximum Gasteiger partial charge on any atom is 0.347 e. The van der Waals surface area contributed by atoms with Crippen molar-refractivity contribution in [3.8, 4) is 0 Å². The lowest BCUT2D eigenvalue weighted by molar-refractivity contribution is -0.120. The molecule has 1 aliphatic rings. The first-order valence-electron chi connectivity index (χ1n) is 6.76. The fraction of sp³-hybridized carbons (Fsp3) is 0.615. The third kappa shape index (κ3) is 4.01. The zero-order valence-corrected chi connectivity index (χ0v) is 12.3. The SMILES string of the molecule is Cc1nc(CNC(=O)CNC2CCCC2)sc1C(=O)O. The van der Waals surface area contributed by atoms with Crippen LogP contribution in [0.2, 0.25) is 0 Å². The minimum absolute atomic E-state index is 0.0818. The Hall–Kier alpha value is -1.47. The van der Waals surface area contributed by atoms with Gasteiger partial charge in [-0.1, -0.05) is 12.8 Å². The molecule has 0 spiro atoms. The Morgan fingerprint density at radius 2 is 2.10 bits per heavy atom. The average Bonchev–Trinajstić information content (AvgIpc) is 3.03. The number of aromatic carboxylic acids is 1. The van der Waals surface area contributed by atoms with Crippen LogP contribution in [0, 0.1) is 6.92 Å². The average molecular weight is 297 g/mol. The van der Waals surface area contributed by atoms with Gasteiger partial charge in [0, 0.05) is 6.04 Å². The molecule has 1 aliphatic carbocycles. The van der Waals surface area contributed by atoms with Crippen LogP contribution in [0.25, 0.3) is 0 Å². The third-order valence-electron chi connectivity index (χ3n) is 3.38. The van der Waals surface area contributed by atoms with Crippen LogP contribution >= 0.6 is 11.3 Å². The fourth-order valence-corrected chi connectivity index (χ4v) is 3.17. The largest absolute Gasteiger partial charge is 0.477 e. The van der Waals surface area contributed by atoms with Gasteiger partial charge in [-0.2, -0.15) is 0 Å². The highest BCUT2D eigenvalue weighted by Gasteiger charge is 2.16. The summed E-state index contributed by atoms with van der Waals surface area (Å²) < 4.78 is 0. The number of carbonyl (C=O) groups excluding carboxylic acids is 1. The zero-order valence-electron chi connectivity index (χ0n) is 11.4. The molecule has 0 radical (unpaired) electrons. The van der Waals surface area contributed by atoms with Crippen LogP contribution in [-0.2, 0) is 11.3 Å². The molecule has 0 bridgehead atoms. The second-order valence-electron chi connectivity index (χ2n) is 4.97. The number of nitrogens with zero attached hydrogens (tertiary/aromatic N) is 1. The molecule has 1 aromatic rings. The molecule has 1 aromatic heterocycles. The van der Waals surface area contributed by atoms with Crippen LogP contribution in [0.1, 0.15) is 46.1 Å². The van der Waals surface area contributed by atoms with Crippen molar-refractivity contribution in [1.82, 2.24) is 15.6 Å². The first kappa shape index (κ1) is 14.9. The van der Waals surface area contributed by atoms with Crippen molar-refractivity contribution in [2.75, 3.05) is 6.54 Å². The quantitative estimate of drug-likeness (QED) is 0.736. The minimum Gasteiger partial charge on any atom is -0.477 e.